The van der Waals surface area contributed by atoms with Crippen molar-refractivity contribution in [3.63, 3.8) is 0 Å². The Hall–Kier alpha value is -0.830. The smallest absolute Gasteiger partial charge is 0.133 e. The van der Waals surface area contributed by atoms with Crippen molar-refractivity contribution < 1.29 is 9.53 Å². The van der Waals surface area contributed by atoms with Gasteiger partial charge in [0.15, 0.2) is 0 Å². The third kappa shape index (κ3) is 3.34. The number of benzene rings is 1. The summed E-state index contributed by atoms with van der Waals surface area (Å²) in [4.78, 5) is 10.3. The van der Waals surface area contributed by atoms with Gasteiger partial charge in [-0.25, -0.2) is 0 Å². The molecular formula is C13H15BrO2. The molecule has 1 aromatic rings. The molecular weight excluding hydrogens is 268 g/mol. The normalized spacial score (nSPS) is 14.8. The fourth-order valence-electron chi connectivity index (χ4n) is 1.53. The minimum Gasteiger partial charge on any atom is -0.492 e. The molecule has 1 aliphatic rings. The summed E-state index contributed by atoms with van der Waals surface area (Å²) >= 11 is 3.50. The maximum Gasteiger partial charge on any atom is 0.133 e. The van der Waals surface area contributed by atoms with Crippen molar-refractivity contribution >= 4 is 22.2 Å². The van der Waals surface area contributed by atoms with E-state index in [2.05, 4.69) is 15.9 Å². The molecule has 0 unspecified atom stereocenters. The Labute approximate surface area is 104 Å². The highest BCUT2D eigenvalue weighted by Gasteiger charge is 2.22. The molecule has 1 aromatic carbocycles. The van der Waals surface area contributed by atoms with Crippen LogP contribution in [0, 0.1) is 5.92 Å². The van der Waals surface area contributed by atoms with Crippen LogP contribution in [0.2, 0.25) is 0 Å². The van der Waals surface area contributed by atoms with E-state index in [1.165, 1.54) is 12.8 Å². The first-order chi connectivity index (χ1) is 7.79. The molecule has 0 atom stereocenters. The molecule has 0 bridgehead atoms. The molecule has 0 aromatic heterocycles. The number of aldehydes is 1. The van der Waals surface area contributed by atoms with Crippen LogP contribution >= 0.6 is 15.9 Å². The van der Waals surface area contributed by atoms with Crippen LogP contribution < -0.4 is 4.74 Å². The summed E-state index contributed by atoms with van der Waals surface area (Å²) in [5.74, 6) is 1.67. The number of hydrogen-bond donors (Lipinski definition) is 0. The van der Waals surface area contributed by atoms with Crippen LogP contribution in [-0.4, -0.2) is 12.9 Å². The van der Waals surface area contributed by atoms with E-state index in [9.17, 15) is 4.79 Å². The van der Waals surface area contributed by atoms with E-state index in [0.717, 1.165) is 41.0 Å². The summed E-state index contributed by atoms with van der Waals surface area (Å²) in [7, 11) is 0. The third-order valence-corrected chi connectivity index (χ3v) is 3.34. The van der Waals surface area contributed by atoms with Gasteiger partial charge < -0.3 is 9.53 Å². The van der Waals surface area contributed by atoms with Gasteiger partial charge in [0.2, 0.25) is 0 Å². The predicted octanol–water partition coefficient (Wildman–Crippen LogP) is 3.37. The fraction of sp³-hybridized carbons (Fsp3) is 0.462. The molecule has 0 amide bonds. The zero-order chi connectivity index (χ0) is 11.4. The largest absolute Gasteiger partial charge is 0.492 e. The summed E-state index contributed by atoms with van der Waals surface area (Å²) < 4.78 is 6.69. The number of ether oxygens (including phenoxy) is 1. The quantitative estimate of drug-likeness (QED) is 0.748. The Balaban J connectivity index is 1.94. The highest BCUT2D eigenvalue weighted by Crippen LogP contribution is 2.32. The van der Waals surface area contributed by atoms with Gasteiger partial charge in [0.25, 0.3) is 0 Å². The highest BCUT2D eigenvalue weighted by molar-refractivity contribution is 9.10. The van der Waals surface area contributed by atoms with Crippen molar-refractivity contribution in [3.05, 3.63) is 28.2 Å². The van der Waals surface area contributed by atoms with Crippen LogP contribution in [0.15, 0.2) is 22.7 Å². The maximum atomic E-state index is 10.3. The second kappa shape index (κ2) is 5.48. The minimum atomic E-state index is 0.578. The number of hydrogen-bond acceptors (Lipinski definition) is 2. The molecule has 1 aliphatic carbocycles. The molecule has 0 heterocycles. The third-order valence-electron chi connectivity index (χ3n) is 2.72. The molecule has 1 fully saturated rings. The van der Waals surface area contributed by atoms with Gasteiger partial charge in [0.05, 0.1) is 11.1 Å². The first-order valence-electron chi connectivity index (χ1n) is 5.64. The van der Waals surface area contributed by atoms with Gasteiger partial charge in [0.1, 0.15) is 12.0 Å². The van der Waals surface area contributed by atoms with Crippen molar-refractivity contribution in [1.82, 2.24) is 0 Å². The SMILES string of the molecule is O=CCCc1ccc(OCC2CC2)c(Br)c1. The van der Waals surface area contributed by atoms with E-state index in [1.807, 2.05) is 18.2 Å². The van der Waals surface area contributed by atoms with Gasteiger partial charge in [-0.15, -0.1) is 0 Å². The van der Waals surface area contributed by atoms with Crippen molar-refractivity contribution in [2.24, 2.45) is 5.92 Å². The average molecular weight is 283 g/mol. The number of carbonyl (C=O) groups excluding carboxylic acids is 1. The Bertz CT molecular complexity index is 372. The van der Waals surface area contributed by atoms with E-state index >= 15 is 0 Å². The lowest BCUT2D eigenvalue weighted by Crippen LogP contribution is -1.99. The van der Waals surface area contributed by atoms with E-state index < -0.39 is 0 Å². The van der Waals surface area contributed by atoms with E-state index in [1.54, 1.807) is 0 Å². The van der Waals surface area contributed by atoms with Crippen LogP contribution in [0.4, 0.5) is 0 Å². The molecule has 0 radical (unpaired) electrons. The van der Waals surface area contributed by atoms with Crippen LogP contribution in [0.3, 0.4) is 0 Å². The number of aryl methyl sites for hydroxylation is 1. The van der Waals surface area contributed by atoms with Crippen LogP contribution in [0.25, 0.3) is 0 Å². The molecule has 2 rings (SSSR count). The minimum absolute atomic E-state index is 0.578. The van der Waals surface area contributed by atoms with Crippen LogP contribution in [0.1, 0.15) is 24.8 Å². The van der Waals surface area contributed by atoms with Gasteiger partial charge >= 0.3 is 0 Å². The summed E-state index contributed by atoms with van der Waals surface area (Å²) in [6, 6.07) is 6.04. The van der Waals surface area contributed by atoms with Gasteiger partial charge in [0, 0.05) is 6.42 Å². The average Bonchev–Trinajstić information content (AvgIpc) is 3.09. The predicted molar refractivity (Wildman–Crippen MR) is 66.7 cm³/mol. The topological polar surface area (TPSA) is 26.3 Å². The summed E-state index contributed by atoms with van der Waals surface area (Å²) in [5.41, 5.74) is 1.16. The molecule has 1 saturated carbocycles. The monoisotopic (exact) mass is 282 g/mol. The fourth-order valence-corrected chi connectivity index (χ4v) is 2.08. The van der Waals surface area contributed by atoms with Gasteiger partial charge in [-0.05, 0) is 58.8 Å². The van der Waals surface area contributed by atoms with Gasteiger partial charge in [-0.1, -0.05) is 6.07 Å². The zero-order valence-corrected chi connectivity index (χ0v) is 10.7. The van der Waals surface area contributed by atoms with Crippen molar-refractivity contribution in [2.75, 3.05) is 6.61 Å². The number of halogens is 1. The molecule has 2 nitrogen and oxygen atoms in total. The Morgan fingerprint density at radius 2 is 2.25 bits per heavy atom. The van der Waals surface area contributed by atoms with Crippen LogP contribution in [0.5, 0.6) is 5.75 Å². The second-order valence-electron chi connectivity index (χ2n) is 4.22. The Morgan fingerprint density at radius 1 is 1.44 bits per heavy atom. The lowest BCUT2D eigenvalue weighted by molar-refractivity contribution is -0.107. The highest BCUT2D eigenvalue weighted by atomic mass is 79.9. The number of carbonyl (C=O) groups is 1. The lowest BCUT2D eigenvalue weighted by atomic mass is 10.1. The van der Waals surface area contributed by atoms with Crippen LogP contribution in [-0.2, 0) is 11.2 Å². The Morgan fingerprint density at radius 3 is 2.88 bits per heavy atom. The number of rotatable bonds is 6. The van der Waals surface area contributed by atoms with E-state index in [4.69, 9.17) is 4.74 Å². The first-order valence-corrected chi connectivity index (χ1v) is 6.44. The Kier molecular flexibility index (Phi) is 3.99. The standard InChI is InChI=1S/C13H15BrO2/c14-12-8-10(2-1-7-15)5-6-13(12)16-9-11-3-4-11/h5-8,11H,1-4,9H2. The maximum absolute atomic E-state index is 10.3. The van der Waals surface area contributed by atoms with Crippen molar-refractivity contribution in [1.29, 1.82) is 0 Å². The van der Waals surface area contributed by atoms with Gasteiger partial charge in [-0.3, -0.25) is 0 Å². The molecule has 16 heavy (non-hydrogen) atoms. The zero-order valence-electron chi connectivity index (χ0n) is 9.12. The molecule has 86 valence electrons. The molecule has 0 saturated heterocycles. The van der Waals surface area contributed by atoms with Gasteiger partial charge in [-0.2, -0.15) is 0 Å². The molecule has 0 spiro atoms. The molecule has 3 heteroatoms. The van der Waals surface area contributed by atoms with E-state index in [-0.39, 0.29) is 0 Å². The van der Waals surface area contributed by atoms with Crippen molar-refractivity contribution in [3.8, 4) is 5.75 Å². The summed E-state index contributed by atoms with van der Waals surface area (Å²) in [5, 5.41) is 0. The molecule has 0 N–H and O–H groups in total. The molecule has 0 aliphatic heterocycles. The lowest BCUT2D eigenvalue weighted by Gasteiger charge is -2.08. The first kappa shape index (κ1) is 11.6. The summed E-state index contributed by atoms with van der Waals surface area (Å²) in [6.07, 6.45) is 4.93. The van der Waals surface area contributed by atoms with Crippen molar-refractivity contribution in [2.45, 2.75) is 25.7 Å². The second-order valence-corrected chi connectivity index (χ2v) is 5.08. The summed E-state index contributed by atoms with van der Waals surface area (Å²) in [6.45, 7) is 0.826. The van der Waals surface area contributed by atoms with E-state index in [0.29, 0.717) is 6.42 Å².